The summed E-state index contributed by atoms with van der Waals surface area (Å²) in [6.45, 7) is 6.69. The van der Waals surface area contributed by atoms with Crippen molar-refractivity contribution in [3.63, 3.8) is 0 Å². The molecular weight excluding hydrogens is 198 g/mol. The van der Waals surface area contributed by atoms with Gasteiger partial charge in [0, 0.05) is 18.6 Å². The third-order valence-electron chi connectivity index (χ3n) is 3.88. The molecule has 1 aliphatic carbocycles. The van der Waals surface area contributed by atoms with Crippen LogP contribution in [0.4, 0.5) is 0 Å². The predicted octanol–water partition coefficient (Wildman–Crippen LogP) is 1.90. The minimum atomic E-state index is -0.231. The lowest BCUT2D eigenvalue weighted by molar-refractivity contribution is 0.225. The van der Waals surface area contributed by atoms with Gasteiger partial charge >= 0.3 is 0 Å². The van der Waals surface area contributed by atoms with E-state index in [0.717, 1.165) is 32.4 Å². The number of likely N-dealkylation sites (tertiary alicyclic amines) is 1. The highest BCUT2D eigenvalue weighted by atomic mass is 15.2. The van der Waals surface area contributed by atoms with Gasteiger partial charge in [-0.05, 0) is 52.5 Å². The fourth-order valence-electron chi connectivity index (χ4n) is 2.58. The molecule has 1 saturated carbocycles. The summed E-state index contributed by atoms with van der Waals surface area (Å²) >= 11 is 0. The van der Waals surface area contributed by atoms with Gasteiger partial charge in [-0.3, -0.25) is 5.32 Å². The average Bonchev–Trinajstić information content (AvgIpc) is 3.06. The molecule has 1 unspecified atom stereocenters. The van der Waals surface area contributed by atoms with Crippen LogP contribution in [0.3, 0.4) is 0 Å². The second-order valence-electron chi connectivity index (χ2n) is 5.60. The van der Waals surface area contributed by atoms with Crippen molar-refractivity contribution in [2.75, 3.05) is 13.1 Å². The van der Waals surface area contributed by atoms with E-state index < -0.39 is 0 Å². The van der Waals surface area contributed by atoms with Gasteiger partial charge in [0.1, 0.15) is 5.54 Å². The molecule has 1 saturated heterocycles. The molecular formula is C13H23N3. The second kappa shape index (κ2) is 4.73. The summed E-state index contributed by atoms with van der Waals surface area (Å²) in [4.78, 5) is 2.49. The molecule has 1 heterocycles. The van der Waals surface area contributed by atoms with Gasteiger partial charge in [-0.1, -0.05) is 0 Å². The van der Waals surface area contributed by atoms with Gasteiger partial charge in [-0.15, -0.1) is 0 Å². The predicted molar refractivity (Wildman–Crippen MR) is 65.1 cm³/mol. The largest absolute Gasteiger partial charge is 0.301 e. The summed E-state index contributed by atoms with van der Waals surface area (Å²) < 4.78 is 0. The van der Waals surface area contributed by atoms with Gasteiger partial charge in [-0.2, -0.15) is 5.26 Å². The van der Waals surface area contributed by atoms with Crippen molar-refractivity contribution in [2.45, 2.75) is 63.6 Å². The average molecular weight is 221 g/mol. The topological polar surface area (TPSA) is 39.1 Å². The molecule has 1 atom stereocenters. The normalized spacial score (nSPS) is 32.4. The fraction of sp³-hybridized carbons (Fsp3) is 0.923. The van der Waals surface area contributed by atoms with Gasteiger partial charge in [0.2, 0.25) is 0 Å². The Balaban J connectivity index is 1.96. The first-order chi connectivity index (χ1) is 7.65. The van der Waals surface area contributed by atoms with Crippen LogP contribution in [0, 0.1) is 11.3 Å². The van der Waals surface area contributed by atoms with Crippen LogP contribution in [-0.2, 0) is 0 Å². The van der Waals surface area contributed by atoms with Crippen molar-refractivity contribution in [2.24, 2.45) is 0 Å². The Morgan fingerprint density at radius 2 is 2.06 bits per heavy atom. The highest BCUT2D eigenvalue weighted by Crippen LogP contribution is 2.29. The third kappa shape index (κ3) is 2.75. The van der Waals surface area contributed by atoms with Gasteiger partial charge in [0.05, 0.1) is 6.07 Å². The molecule has 3 nitrogen and oxygen atoms in total. The fourth-order valence-corrected chi connectivity index (χ4v) is 2.58. The molecule has 3 heteroatoms. The molecule has 2 fully saturated rings. The van der Waals surface area contributed by atoms with E-state index in [4.69, 9.17) is 0 Å². The molecule has 2 aliphatic rings. The molecule has 2 rings (SSSR count). The second-order valence-corrected chi connectivity index (χ2v) is 5.60. The van der Waals surface area contributed by atoms with Crippen molar-refractivity contribution in [3.05, 3.63) is 0 Å². The van der Waals surface area contributed by atoms with Crippen LogP contribution < -0.4 is 5.32 Å². The van der Waals surface area contributed by atoms with Gasteiger partial charge in [0.15, 0.2) is 0 Å². The maximum absolute atomic E-state index is 9.44. The zero-order chi connectivity index (χ0) is 11.6. The van der Waals surface area contributed by atoms with E-state index in [1.165, 1.54) is 12.8 Å². The Morgan fingerprint density at radius 1 is 1.31 bits per heavy atom. The van der Waals surface area contributed by atoms with Crippen LogP contribution in [-0.4, -0.2) is 35.6 Å². The van der Waals surface area contributed by atoms with Crippen LogP contribution >= 0.6 is 0 Å². The molecule has 0 aromatic carbocycles. The molecule has 0 aromatic heterocycles. The molecule has 0 spiro atoms. The maximum atomic E-state index is 9.44. The van der Waals surface area contributed by atoms with E-state index in [1.54, 1.807) is 0 Å². The first-order valence-electron chi connectivity index (χ1n) is 6.58. The van der Waals surface area contributed by atoms with Crippen LogP contribution in [0.5, 0.6) is 0 Å². The van der Waals surface area contributed by atoms with Crippen molar-refractivity contribution in [1.29, 1.82) is 5.26 Å². The van der Waals surface area contributed by atoms with Crippen LogP contribution in [0.1, 0.15) is 46.0 Å². The van der Waals surface area contributed by atoms with Crippen molar-refractivity contribution >= 4 is 0 Å². The standard InChI is InChI=1S/C13H23N3/c1-11(2)16-8-3-6-13(10-14,7-9-16)15-12-4-5-12/h11-12,15H,3-9H2,1-2H3. The van der Waals surface area contributed by atoms with E-state index in [9.17, 15) is 5.26 Å². The summed E-state index contributed by atoms with van der Waals surface area (Å²) in [6.07, 6.45) is 5.67. The van der Waals surface area contributed by atoms with Crippen LogP contribution in [0.2, 0.25) is 0 Å². The van der Waals surface area contributed by atoms with E-state index in [-0.39, 0.29) is 5.54 Å². The monoisotopic (exact) mass is 221 g/mol. The van der Waals surface area contributed by atoms with Gasteiger partial charge < -0.3 is 4.90 Å². The smallest absolute Gasteiger partial charge is 0.108 e. The summed E-state index contributed by atoms with van der Waals surface area (Å²) in [5.41, 5.74) is -0.231. The first-order valence-corrected chi connectivity index (χ1v) is 6.58. The van der Waals surface area contributed by atoms with Crippen molar-refractivity contribution in [3.8, 4) is 6.07 Å². The van der Waals surface area contributed by atoms with Gasteiger partial charge in [-0.25, -0.2) is 0 Å². The van der Waals surface area contributed by atoms with E-state index in [1.807, 2.05) is 0 Å². The SMILES string of the molecule is CC(C)N1CCCC(C#N)(NC2CC2)CC1. The van der Waals surface area contributed by atoms with E-state index in [0.29, 0.717) is 12.1 Å². The molecule has 0 aromatic rings. The highest BCUT2D eigenvalue weighted by Gasteiger charge is 2.37. The van der Waals surface area contributed by atoms with E-state index >= 15 is 0 Å². The molecule has 1 aliphatic heterocycles. The molecule has 90 valence electrons. The zero-order valence-corrected chi connectivity index (χ0v) is 10.5. The van der Waals surface area contributed by atoms with Crippen molar-refractivity contribution < 1.29 is 0 Å². The Morgan fingerprint density at radius 3 is 2.62 bits per heavy atom. The highest BCUT2D eigenvalue weighted by molar-refractivity contribution is 5.11. The van der Waals surface area contributed by atoms with E-state index in [2.05, 4.69) is 30.1 Å². The van der Waals surface area contributed by atoms with Crippen molar-refractivity contribution in [1.82, 2.24) is 10.2 Å². The number of hydrogen-bond acceptors (Lipinski definition) is 3. The van der Waals surface area contributed by atoms with Crippen LogP contribution in [0.15, 0.2) is 0 Å². The molecule has 0 radical (unpaired) electrons. The lowest BCUT2D eigenvalue weighted by Gasteiger charge is -2.28. The summed E-state index contributed by atoms with van der Waals surface area (Å²) in [7, 11) is 0. The first kappa shape index (κ1) is 11.9. The molecule has 16 heavy (non-hydrogen) atoms. The number of rotatable bonds is 3. The minimum Gasteiger partial charge on any atom is -0.301 e. The zero-order valence-electron chi connectivity index (χ0n) is 10.5. The minimum absolute atomic E-state index is 0.231. The number of nitriles is 1. The lowest BCUT2D eigenvalue weighted by atomic mass is 9.92. The van der Waals surface area contributed by atoms with Gasteiger partial charge in [0.25, 0.3) is 0 Å². The third-order valence-corrected chi connectivity index (χ3v) is 3.88. The lowest BCUT2D eigenvalue weighted by Crippen LogP contribution is -2.46. The summed E-state index contributed by atoms with van der Waals surface area (Å²) in [5, 5.41) is 13.0. The Kier molecular flexibility index (Phi) is 3.51. The molecule has 1 N–H and O–H groups in total. The quantitative estimate of drug-likeness (QED) is 0.791. The maximum Gasteiger partial charge on any atom is 0.108 e. The summed E-state index contributed by atoms with van der Waals surface area (Å²) in [5.74, 6) is 0. The Hall–Kier alpha value is -0.590. The van der Waals surface area contributed by atoms with Crippen LogP contribution in [0.25, 0.3) is 0 Å². The number of nitrogens with zero attached hydrogens (tertiary/aromatic N) is 2. The Labute approximate surface area is 98.8 Å². The molecule has 0 amide bonds. The summed E-state index contributed by atoms with van der Waals surface area (Å²) in [6, 6.07) is 3.79. The Bertz CT molecular complexity index is 277. The molecule has 0 bridgehead atoms. The number of hydrogen-bond donors (Lipinski definition) is 1. The number of nitrogens with one attached hydrogen (secondary N) is 1.